The first-order valence-corrected chi connectivity index (χ1v) is 8.43. The third-order valence-corrected chi connectivity index (χ3v) is 5.12. The molecule has 0 spiro atoms. The fraction of sp³-hybridized carbons (Fsp3) is 0. The van der Waals surface area contributed by atoms with Gasteiger partial charge in [-0.2, -0.15) is 0 Å². The molecule has 0 radical (unpaired) electrons. The van der Waals surface area contributed by atoms with Crippen molar-refractivity contribution in [1.29, 1.82) is 0 Å². The molecule has 4 aromatic rings. The van der Waals surface area contributed by atoms with E-state index in [1.165, 1.54) is 11.3 Å². The van der Waals surface area contributed by atoms with E-state index in [2.05, 4.69) is 4.98 Å². The molecule has 1 aromatic carbocycles. The molecule has 22 heavy (non-hydrogen) atoms. The van der Waals surface area contributed by atoms with Crippen LogP contribution in [0.5, 0.6) is 0 Å². The lowest BCUT2D eigenvalue weighted by Gasteiger charge is -2.07. The van der Waals surface area contributed by atoms with Crippen molar-refractivity contribution in [3.63, 3.8) is 0 Å². The highest BCUT2D eigenvalue weighted by Gasteiger charge is 2.15. The van der Waals surface area contributed by atoms with Gasteiger partial charge in [0.2, 0.25) is 0 Å². The molecule has 0 bridgehead atoms. The van der Waals surface area contributed by atoms with E-state index < -0.39 is 0 Å². The summed E-state index contributed by atoms with van der Waals surface area (Å²) in [7, 11) is 0. The number of thiophene rings is 2. The van der Waals surface area contributed by atoms with E-state index in [0.29, 0.717) is 11.4 Å². The van der Waals surface area contributed by atoms with Crippen molar-refractivity contribution in [3.8, 4) is 22.0 Å². The van der Waals surface area contributed by atoms with Crippen molar-refractivity contribution in [1.82, 2.24) is 9.97 Å². The maximum absolute atomic E-state index is 6.12. The summed E-state index contributed by atoms with van der Waals surface area (Å²) >= 11 is 3.16. The van der Waals surface area contributed by atoms with Gasteiger partial charge in [0.1, 0.15) is 4.83 Å². The van der Waals surface area contributed by atoms with Gasteiger partial charge in [-0.15, -0.1) is 22.7 Å². The van der Waals surface area contributed by atoms with Crippen LogP contribution in [0.3, 0.4) is 0 Å². The molecule has 0 aliphatic heterocycles. The zero-order chi connectivity index (χ0) is 15.1. The summed E-state index contributed by atoms with van der Waals surface area (Å²) in [6.45, 7) is 0. The summed E-state index contributed by atoms with van der Waals surface area (Å²) in [4.78, 5) is 11.3. The Kier molecular flexibility index (Phi) is 3.06. The van der Waals surface area contributed by atoms with Crippen LogP contribution >= 0.6 is 22.7 Å². The Balaban J connectivity index is 2.04. The van der Waals surface area contributed by atoms with Gasteiger partial charge >= 0.3 is 0 Å². The Bertz CT molecular complexity index is 958. The number of hydrogen-bond donors (Lipinski definition) is 2. The van der Waals surface area contributed by atoms with Gasteiger partial charge in [0, 0.05) is 16.6 Å². The van der Waals surface area contributed by atoms with E-state index in [9.17, 15) is 0 Å². The second-order valence-electron chi connectivity index (χ2n) is 4.87. The van der Waals surface area contributed by atoms with Crippen LogP contribution in [0.1, 0.15) is 0 Å². The first-order chi connectivity index (χ1) is 10.7. The van der Waals surface area contributed by atoms with Crippen LogP contribution in [0.2, 0.25) is 0 Å². The summed E-state index contributed by atoms with van der Waals surface area (Å²) in [5, 5.41) is 4.83. The Morgan fingerprint density at radius 2 is 1.86 bits per heavy atom. The monoisotopic (exact) mass is 324 g/mol. The maximum atomic E-state index is 6.12. The largest absolute Gasteiger partial charge is 0.399 e. The molecule has 0 atom stereocenters. The van der Waals surface area contributed by atoms with Gasteiger partial charge in [-0.25, -0.2) is 9.97 Å². The number of hydrogen-bond acceptors (Lipinski definition) is 6. The van der Waals surface area contributed by atoms with Crippen LogP contribution in [-0.4, -0.2) is 9.97 Å². The third-order valence-electron chi connectivity index (χ3n) is 3.36. The topological polar surface area (TPSA) is 77.8 Å². The highest BCUT2D eigenvalue weighted by Crippen LogP contribution is 2.37. The molecule has 0 aliphatic rings. The summed E-state index contributed by atoms with van der Waals surface area (Å²) in [6, 6.07) is 11.7. The Hall–Kier alpha value is -2.44. The summed E-state index contributed by atoms with van der Waals surface area (Å²) in [5.41, 5.74) is 15.2. The molecule has 108 valence electrons. The van der Waals surface area contributed by atoms with Crippen molar-refractivity contribution >= 4 is 44.3 Å². The zero-order valence-electron chi connectivity index (χ0n) is 11.5. The highest BCUT2D eigenvalue weighted by atomic mass is 32.1. The van der Waals surface area contributed by atoms with E-state index in [4.69, 9.17) is 16.5 Å². The smallest absolute Gasteiger partial charge is 0.171 e. The SMILES string of the molecule is Nc1cccc(-c2nc(-c3cccs3)nc3scc(N)c23)c1. The maximum Gasteiger partial charge on any atom is 0.171 e. The molecule has 0 unspecified atom stereocenters. The molecule has 0 fully saturated rings. The Morgan fingerprint density at radius 3 is 2.64 bits per heavy atom. The van der Waals surface area contributed by atoms with Crippen LogP contribution in [0.4, 0.5) is 11.4 Å². The number of nitrogen functional groups attached to an aromatic ring is 2. The number of nitrogens with zero attached hydrogens (tertiary/aromatic N) is 2. The summed E-state index contributed by atoms with van der Waals surface area (Å²) < 4.78 is 0. The molecule has 0 aliphatic carbocycles. The van der Waals surface area contributed by atoms with Gasteiger partial charge in [-0.05, 0) is 23.6 Å². The van der Waals surface area contributed by atoms with Gasteiger partial charge in [0.05, 0.1) is 21.6 Å². The minimum atomic E-state index is 0.704. The molecule has 4 nitrogen and oxygen atoms in total. The van der Waals surface area contributed by atoms with Crippen molar-refractivity contribution in [2.75, 3.05) is 11.5 Å². The van der Waals surface area contributed by atoms with Gasteiger partial charge < -0.3 is 11.5 Å². The van der Waals surface area contributed by atoms with Crippen molar-refractivity contribution in [2.45, 2.75) is 0 Å². The Morgan fingerprint density at radius 1 is 0.955 bits per heavy atom. The standard InChI is InChI=1S/C16H12N4S2/c17-10-4-1-3-9(7-10)14-13-11(18)8-22-16(13)20-15(19-14)12-5-2-6-21-12/h1-8H,17-18H2. The van der Waals surface area contributed by atoms with E-state index >= 15 is 0 Å². The number of nitrogens with two attached hydrogens (primary N) is 2. The van der Waals surface area contributed by atoms with Gasteiger partial charge in [0.15, 0.2) is 5.82 Å². The molecule has 4 N–H and O–H groups in total. The summed E-state index contributed by atoms with van der Waals surface area (Å²) in [5.74, 6) is 0.724. The average molecular weight is 324 g/mol. The van der Waals surface area contributed by atoms with Crippen molar-refractivity contribution in [3.05, 3.63) is 47.2 Å². The van der Waals surface area contributed by atoms with Crippen molar-refractivity contribution < 1.29 is 0 Å². The lowest BCUT2D eigenvalue weighted by molar-refractivity contribution is 1.25. The normalized spacial score (nSPS) is 11.1. The molecule has 3 aromatic heterocycles. The number of rotatable bonds is 2. The van der Waals surface area contributed by atoms with E-state index in [1.54, 1.807) is 11.3 Å². The number of benzene rings is 1. The second kappa shape index (κ2) is 5.08. The lowest BCUT2D eigenvalue weighted by Crippen LogP contribution is -1.95. The van der Waals surface area contributed by atoms with Crippen molar-refractivity contribution in [2.24, 2.45) is 0 Å². The van der Waals surface area contributed by atoms with Crippen LogP contribution in [0.25, 0.3) is 32.2 Å². The minimum absolute atomic E-state index is 0.704. The molecule has 4 rings (SSSR count). The first-order valence-electron chi connectivity index (χ1n) is 6.67. The first kappa shape index (κ1) is 13.2. The quantitative estimate of drug-likeness (QED) is 0.540. The fourth-order valence-corrected chi connectivity index (χ4v) is 3.86. The van der Waals surface area contributed by atoms with Crippen LogP contribution in [0, 0.1) is 0 Å². The summed E-state index contributed by atoms with van der Waals surface area (Å²) in [6.07, 6.45) is 0. The number of anilines is 2. The molecular weight excluding hydrogens is 312 g/mol. The highest BCUT2D eigenvalue weighted by molar-refractivity contribution is 7.17. The lowest BCUT2D eigenvalue weighted by atomic mass is 10.1. The van der Waals surface area contributed by atoms with Gasteiger partial charge in [-0.3, -0.25) is 0 Å². The third kappa shape index (κ3) is 2.13. The Labute approximate surface area is 135 Å². The molecule has 0 amide bonds. The van der Waals surface area contributed by atoms with E-state index in [-0.39, 0.29) is 0 Å². The molecule has 0 saturated heterocycles. The molecule has 3 heterocycles. The predicted octanol–water partition coefficient (Wildman–Crippen LogP) is 4.25. The molecule has 6 heteroatoms. The van der Waals surface area contributed by atoms with E-state index in [1.807, 2.05) is 47.2 Å². The predicted molar refractivity (Wildman–Crippen MR) is 95.0 cm³/mol. The minimum Gasteiger partial charge on any atom is -0.399 e. The van der Waals surface area contributed by atoms with Gasteiger partial charge in [0.25, 0.3) is 0 Å². The van der Waals surface area contributed by atoms with Crippen LogP contribution < -0.4 is 11.5 Å². The van der Waals surface area contributed by atoms with Crippen LogP contribution in [0.15, 0.2) is 47.2 Å². The van der Waals surface area contributed by atoms with Crippen LogP contribution in [-0.2, 0) is 0 Å². The zero-order valence-corrected chi connectivity index (χ0v) is 13.1. The van der Waals surface area contributed by atoms with E-state index in [0.717, 1.165) is 32.2 Å². The average Bonchev–Trinajstić information content (AvgIpc) is 3.17. The van der Waals surface area contributed by atoms with Gasteiger partial charge in [-0.1, -0.05) is 18.2 Å². The fourth-order valence-electron chi connectivity index (χ4n) is 2.37. The number of aromatic nitrogens is 2. The second-order valence-corrected chi connectivity index (χ2v) is 6.68. The molecular formula is C16H12N4S2. The number of fused-ring (bicyclic) bond motifs is 1. The molecule has 0 saturated carbocycles.